The summed E-state index contributed by atoms with van der Waals surface area (Å²) in [7, 11) is -3.94. The molecule has 0 saturated heterocycles. The first kappa shape index (κ1) is 18.3. The lowest BCUT2D eigenvalue weighted by Gasteiger charge is -2.20. The molecule has 0 aromatic heterocycles. The summed E-state index contributed by atoms with van der Waals surface area (Å²) in [6.07, 6.45) is 3.16. The molecule has 0 amide bonds. The largest absolute Gasteiger partial charge is 0.269 e. The summed E-state index contributed by atoms with van der Waals surface area (Å²) in [5, 5.41) is 10.8. The second-order valence-electron chi connectivity index (χ2n) is 5.61. The molecule has 6 nitrogen and oxygen atoms in total. The Balaban J connectivity index is 2.03. The first-order chi connectivity index (χ1) is 13.0. The average molecular weight is 380 g/mol. The van der Waals surface area contributed by atoms with Crippen LogP contribution in [-0.4, -0.2) is 13.3 Å². The standard InChI is InChI=1S/C20H16N2O4S/c23-22(24)19-11-13-20(14-12-19)27(25,26)21(18-9-5-2-6-10-18)16-15-17-7-3-1-4-8-17/h1-16H/b16-15+. The fraction of sp³-hybridized carbons (Fsp3) is 0. The second-order valence-corrected chi connectivity index (χ2v) is 7.43. The number of anilines is 1. The Kier molecular flexibility index (Phi) is 5.33. The van der Waals surface area contributed by atoms with Gasteiger partial charge in [-0.1, -0.05) is 48.5 Å². The van der Waals surface area contributed by atoms with Gasteiger partial charge in [0.25, 0.3) is 15.7 Å². The van der Waals surface area contributed by atoms with Crippen LogP contribution in [-0.2, 0) is 10.0 Å². The van der Waals surface area contributed by atoms with Crippen LogP contribution in [0, 0.1) is 10.1 Å². The van der Waals surface area contributed by atoms with Gasteiger partial charge in [-0.05, 0) is 35.9 Å². The van der Waals surface area contributed by atoms with Gasteiger partial charge >= 0.3 is 0 Å². The summed E-state index contributed by atoms with van der Waals surface area (Å²) < 4.78 is 27.4. The highest BCUT2D eigenvalue weighted by atomic mass is 32.2. The molecule has 0 aliphatic heterocycles. The Bertz CT molecular complexity index is 1050. The summed E-state index contributed by atoms with van der Waals surface area (Å²) >= 11 is 0. The van der Waals surface area contributed by atoms with Crippen LogP contribution in [0.4, 0.5) is 11.4 Å². The predicted octanol–water partition coefficient (Wildman–Crippen LogP) is 4.46. The maximum absolute atomic E-state index is 13.1. The van der Waals surface area contributed by atoms with Gasteiger partial charge in [-0.3, -0.25) is 10.1 Å². The predicted molar refractivity (Wildman–Crippen MR) is 105 cm³/mol. The van der Waals surface area contributed by atoms with Crippen molar-refractivity contribution in [3.8, 4) is 0 Å². The number of nitrogens with zero attached hydrogens (tertiary/aromatic N) is 2. The number of para-hydroxylation sites is 1. The molecule has 27 heavy (non-hydrogen) atoms. The van der Waals surface area contributed by atoms with Crippen molar-refractivity contribution in [2.24, 2.45) is 0 Å². The molecule has 3 aromatic rings. The van der Waals surface area contributed by atoms with Crippen LogP contribution in [0.2, 0.25) is 0 Å². The van der Waals surface area contributed by atoms with E-state index in [4.69, 9.17) is 0 Å². The van der Waals surface area contributed by atoms with Gasteiger partial charge in [0.05, 0.1) is 15.5 Å². The maximum Gasteiger partial charge on any atom is 0.269 e. The van der Waals surface area contributed by atoms with Gasteiger partial charge in [-0.25, -0.2) is 12.7 Å². The third kappa shape index (κ3) is 4.21. The highest BCUT2D eigenvalue weighted by Gasteiger charge is 2.23. The van der Waals surface area contributed by atoms with Crippen molar-refractivity contribution < 1.29 is 13.3 Å². The van der Waals surface area contributed by atoms with Crippen LogP contribution < -0.4 is 4.31 Å². The Hall–Kier alpha value is -3.45. The zero-order valence-electron chi connectivity index (χ0n) is 14.2. The first-order valence-electron chi connectivity index (χ1n) is 8.06. The summed E-state index contributed by atoms with van der Waals surface area (Å²) in [6.45, 7) is 0. The zero-order valence-corrected chi connectivity index (χ0v) is 15.0. The SMILES string of the molecule is O=[N+]([O-])c1ccc(S(=O)(=O)N(/C=C/c2ccccc2)c2ccccc2)cc1. The van der Waals surface area contributed by atoms with Gasteiger partial charge in [0.1, 0.15) is 0 Å². The summed E-state index contributed by atoms with van der Waals surface area (Å²) in [6, 6.07) is 22.8. The van der Waals surface area contributed by atoms with Gasteiger partial charge in [-0.2, -0.15) is 0 Å². The van der Waals surface area contributed by atoms with Gasteiger partial charge in [-0.15, -0.1) is 0 Å². The van der Waals surface area contributed by atoms with Crippen LogP contribution >= 0.6 is 0 Å². The second kappa shape index (κ2) is 7.84. The van der Waals surface area contributed by atoms with Crippen LogP contribution in [0.3, 0.4) is 0 Å². The Morgan fingerprint density at radius 2 is 1.37 bits per heavy atom. The third-order valence-corrected chi connectivity index (χ3v) is 5.54. The normalized spacial score (nSPS) is 11.4. The number of nitro groups is 1. The number of non-ortho nitro benzene ring substituents is 1. The summed E-state index contributed by atoms with van der Waals surface area (Å²) in [4.78, 5) is 10.2. The molecule has 0 saturated carbocycles. The van der Waals surface area contributed by atoms with Gasteiger partial charge in [0.2, 0.25) is 0 Å². The lowest BCUT2D eigenvalue weighted by Crippen LogP contribution is -2.25. The minimum absolute atomic E-state index is 0.0327. The third-order valence-electron chi connectivity index (χ3n) is 3.82. The van der Waals surface area contributed by atoms with Crippen molar-refractivity contribution in [2.75, 3.05) is 4.31 Å². The average Bonchev–Trinajstić information content (AvgIpc) is 2.69. The van der Waals surface area contributed by atoms with E-state index in [0.29, 0.717) is 5.69 Å². The molecule has 0 aliphatic carbocycles. The Morgan fingerprint density at radius 1 is 0.815 bits per heavy atom. The van der Waals surface area contributed by atoms with Crippen molar-refractivity contribution in [1.29, 1.82) is 0 Å². The van der Waals surface area contributed by atoms with Crippen LogP contribution in [0.1, 0.15) is 5.56 Å². The fourth-order valence-electron chi connectivity index (χ4n) is 2.45. The number of rotatable bonds is 6. The van der Waals surface area contributed by atoms with Gasteiger partial charge in [0, 0.05) is 18.3 Å². The molecular weight excluding hydrogens is 364 g/mol. The molecule has 0 spiro atoms. The quantitative estimate of drug-likeness (QED) is 0.467. The van der Waals surface area contributed by atoms with E-state index in [1.165, 1.54) is 30.5 Å². The highest BCUT2D eigenvalue weighted by Crippen LogP contribution is 2.26. The Labute approximate surface area is 157 Å². The molecule has 0 unspecified atom stereocenters. The van der Waals surface area contributed by atoms with E-state index >= 15 is 0 Å². The minimum atomic E-state index is -3.94. The lowest BCUT2D eigenvalue weighted by atomic mass is 10.2. The number of hydrogen-bond donors (Lipinski definition) is 0. The molecule has 0 heterocycles. The van der Waals surface area contributed by atoms with Gasteiger partial charge in [0.15, 0.2) is 0 Å². The maximum atomic E-state index is 13.1. The smallest absolute Gasteiger partial charge is 0.258 e. The van der Waals surface area contributed by atoms with Crippen LogP contribution in [0.25, 0.3) is 6.08 Å². The molecular formula is C20H16N2O4S. The molecule has 0 atom stereocenters. The van der Waals surface area contributed by atoms with Crippen molar-refractivity contribution in [3.63, 3.8) is 0 Å². The summed E-state index contributed by atoms with van der Waals surface area (Å²) in [5.41, 5.74) is 1.14. The van der Waals surface area contributed by atoms with E-state index in [1.807, 2.05) is 30.3 Å². The van der Waals surface area contributed by atoms with Crippen molar-refractivity contribution in [3.05, 3.63) is 107 Å². The molecule has 0 radical (unpaired) electrons. The van der Waals surface area contributed by atoms with Crippen LogP contribution in [0.5, 0.6) is 0 Å². The van der Waals surface area contributed by atoms with Crippen molar-refractivity contribution in [1.82, 2.24) is 0 Å². The number of benzene rings is 3. The van der Waals surface area contributed by atoms with E-state index < -0.39 is 14.9 Å². The van der Waals surface area contributed by atoms with E-state index in [-0.39, 0.29) is 10.6 Å². The monoisotopic (exact) mass is 380 g/mol. The van der Waals surface area contributed by atoms with Crippen molar-refractivity contribution >= 4 is 27.5 Å². The van der Waals surface area contributed by atoms with E-state index in [0.717, 1.165) is 9.87 Å². The molecule has 136 valence electrons. The lowest BCUT2D eigenvalue weighted by molar-refractivity contribution is -0.384. The molecule has 3 aromatic carbocycles. The van der Waals surface area contributed by atoms with Gasteiger partial charge < -0.3 is 0 Å². The molecule has 0 aliphatic rings. The molecule has 3 rings (SSSR count). The number of sulfonamides is 1. The number of hydrogen-bond acceptors (Lipinski definition) is 4. The fourth-order valence-corrected chi connectivity index (χ4v) is 3.78. The molecule has 7 heteroatoms. The Morgan fingerprint density at radius 3 is 1.93 bits per heavy atom. The topological polar surface area (TPSA) is 80.5 Å². The summed E-state index contributed by atoms with van der Waals surface area (Å²) in [5.74, 6) is 0. The number of nitro benzene ring substituents is 1. The molecule has 0 fully saturated rings. The van der Waals surface area contributed by atoms with Crippen molar-refractivity contribution in [2.45, 2.75) is 4.90 Å². The van der Waals surface area contributed by atoms with E-state index in [2.05, 4.69) is 0 Å². The van der Waals surface area contributed by atoms with Crippen LogP contribution in [0.15, 0.2) is 96.0 Å². The first-order valence-corrected chi connectivity index (χ1v) is 9.50. The minimum Gasteiger partial charge on any atom is -0.258 e. The molecule has 0 N–H and O–H groups in total. The van der Waals surface area contributed by atoms with E-state index in [1.54, 1.807) is 36.4 Å². The zero-order chi connectivity index (χ0) is 19.3. The van der Waals surface area contributed by atoms with E-state index in [9.17, 15) is 18.5 Å². The molecule has 0 bridgehead atoms. The highest BCUT2D eigenvalue weighted by molar-refractivity contribution is 7.93.